The summed E-state index contributed by atoms with van der Waals surface area (Å²) in [5.74, 6) is -0.367. The van der Waals surface area contributed by atoms with Gasteiger partial charge in [-0.15, -0.1) is 0 Å². The smallest absolute Gasteiger partial charge is 0.311 e. The lowest BCUT2D eigenvalue weighted by Crippen LogP contribution is -2.23. The summed E-state index contributed by atoms with van der Waals surface area (Å²) in [5, 5.41) is 2.79. The molecule has 2 aromatic carbocycles. The normalized spacial score (nSPS) is 15.2. The molecular weight excluding hydrogens is 486 g/mol. The standard InChI is InChI=1S/C30H35NO7/c1-30(2,3)37-20-36-26-18-22(27(33)19-26)17-24(32)11-7-8-12-28(34)38-25-15-13-23(14-16-25)31-29(35)21-9-5-4-6-10-21/h4-6,9-10,13-16,18,26H,7-8,11-12,17,19-20H2,1-3H3,(H,31,35). The molecule has 0 saturated heterocycles. The minimum absolute atomic E-state index is 0.0438. The zero-order chi connectivity index (χ0) is 27.5. The molecule has 0 radical (unpaired) electrons. The summed E-state index contributed by atoms with van der Waals surface area (Å²) in [6.45, 7) is 5.85. The number of carbonyl (C=O) groups excluding carboxylic acids is 4. The van der Waals surface area contributed by atoms with E-state index in [2.05, 4.69) is 5.32 Å². The van der Waals surface area contributed by atoms with Crippen LogP contribution < -0.4 is 10.1 Å². The Bertz CT molecular complexity index is 1150. The van der Waals surface area contributed by atoms with Crippen LogP contribution in [0.3, 0.4) is 0 Å². The highest BCUT2D eigenvalue weighted by Gasteiger charge is 2.26. The third kappa shape index (κ3) is 10.0. The summed E-state index contributed by atoms with van der Waals surface area (Å²) in [4.78, 5) is 48.9. The van der Waals surface area contributed by atoms with E-state index in [4.69, 9.17) is 14.2 Å². The van der Waals surface area contributed by atoms with Crippen LogP contribution in [0.25, 0.3) is 0 Å². The number of amides is 1. The van der Waals surface area contributed by atoms with Gasteiger partial charge in [0, 0.05) is 42.5 Å². The monoisotopic (exact) mass is 521 g/mol. The van der Waals surface area contributed by atoms with Gasteiger partial charge in [0.25, 0.3) is 5.91 Å². The highest BCUT2D eigenvalue weighted by atomic mass is 16.7. The van der Waals surface area contributed by atoms with Gasteiger partial charge in [-0.25, -0.2) is 0 Å². The van der Waals surface area contributed by atoms with E-state index in [1.165, 1.54) is 0 Å². The molecule has 0 aliphatic heterocycles. The van der Waals surface area contributed by atoms with Gasteiger partial charge in [0.2, 0.25) is 0 Å². The fourth-order valence-electron chi connectivity index (χ4n) is 3.73. The summed E-state index contributed by atoms with van der Waals surface area (Å²) >= 11 is 0. The topological polar surface area (TPSA) is 108 Å². The second-order valence-electron chi connectivity index (χ2n) is 10.1. The van der Waals surface area contributed by atoms with Crippen LogP contribution in [-0.2, 0) is 23.9 Å². The second-order valence-corrected chi connectivity index (χ2v) is 10.1. The molecule has 3 rings (SSSR count). The molecule has 0 spiro atoms. The molecule has 1 unspecified atom stereocenters. The Kier molecular flexibility index (Phi) is 10.5. The van der Waals surface area contributed by atoms with E-state index >= 15 is 0 Å². The fourth-order valence-corrected chi connectivity index (χ4v) is 3.73. The number of rotatable bonds is 13. The van der Waals surface area contributed by atoms with Crippen LogP contribution in [-0.4, -0.2) is 41.9 Å². The quantitative estimate of drug-likeness (QED) is 0.162. The molecule has 1 atom stereocenters. The van der Waals surface area contributed by atoms with Crippen molar-refractivity contribution in [3.63, 3.8) is 0 Å². The van der Waals surface area contributed by atoms with Crippen LogP contribution in [0.15, 0.2) is 66.2 Å². The van der Waals surface area contributed by atoms with Crippen molar-refractivity contribution in [2.24, 2.45) is 0 Å². The van der Waals surface area contributed by atoms with Gasteiger partial charge in [-0.2, -0.15) is 0 Å². The Morgan fingerprint density at radius 3 is 2.32 bits per heavy atom. The van der Waals surface area contributed by atoms with E-state index in [1.807, 2.05) is 26.8 Å². The minimum Gasteiger partial charge on any atom is -0.427 e. The number of ketones is 2. The van der Waals surface area contributed by atoms with E-state index in [0.29, 0.717) is 35.4 Å². The molecule has 0 fully saturated rings. The van der Waals surface area contributed by atoms with Crippen LogP contribution in [0.1, 0.15) is 69.7 Å². The number of esters is 1. The average Bonchev–Trinajstić information content (AvgIpc) is 3.21. The highest BCUT2D eigenvalue weighted by Crippen LogP contribution is 2.23. The summed E-state index contributed by atoms with van der Waals surface area (Å²) in [6, 6.07) is 15.4. The molecule has 1 amide bonds. The van der Waals surface area contributed by atoms with E-state index < -0.39 is 5.97 Å². The lowest BCUT2D eigenvalue weighted by molar-refractivity contribution is -0.137. The number of allylic oxidation sites excluding steroid dienone is 1. The number of carbonyl (C=O) groups is 4. The third-order valence-corrected chi connectivity index (χ3v) is 5.76. The van der Waals surface area contributed by atoms with Gasteiger partial charge < -0.3 is 19.5 Å². The van der Waals surface area contributed by atoms with Crippen LogP contribution in [0.4, 0.5) is 5.69 Å². The second kappa shape index (κ2) is 13.8. The number of hydrogen-bond acceptors (Lipinski definition) is 7. The molecule has 8 nitrogen and oxygen atoms in total. The van der Waals surface area contributed by atoms with E-state index in [0.717, 1.165) is 0 Å². The predicted molar refractivity (Wildman–Crippen MR) is 143 cm³/mol. The Morgan fingerprint density at radius 1 is 0.947 bits per heavy atom. The van der Waals surface area contributed by atoms with Crippen molar-refractivity contribution in [2.45, 2.75) is 71.0 Å². The summed E-state index contributed by atoms with van der Waals surface area (Å²) in [6.07, 6.45) is 3.13. The predicted octanol–water partition coefficient (Wildman–Crippen LogP) is 5.42. The number of hydrogen-bond donors (Lipinski definition) is 1. The number of Topliss-reactive ketones (excluding diaryl/α,β-unsaturated/α-hetero) is 2. The molecule has 0 aromatic heterocycles. The molecule has 2 aromatic rings. The average molecular weight is 522 g/mol. The molecule has 1 aliphatic rings. The zero-order valence-corrected chi connectivity index (χ0v) is 22.2. The number of nitrogens with one attached hydrogen (secondary N) is 1. The number of ether oxygens (including phenoxy) is 3. The largest absolute Gasteiger partial charge is 0.427 e. The zero-order valence-electron chi connectivity index (χ0n) is 22.2. The van der Waals surface area contributed by atoms with Crippen molar-refractivity contribution < 1.29 is 33.4 Å². The molecule has 1 aliphatic carbocycles. The molecule has 38 heavy (non-hydrogen) atoms. The molecule has 202 valence electrons. The van der Waals surface area contributed by atoms with E-state index in [9.17, 15) is 19.2 Å². The number of benzene rings is 2. The molecule has 1 N–H and O–H groups in total. The first-order chi connectivity index (χ1) is 18.1. The van der Waals surface area contributed by atoms with Crippen molar-refractivity contribution in [3.8, 4) is 5.75 Å². The van der Waals surface area contributed by atoms with Crippen molar-refractivity contribution in [1.29, 1.82) is 0 Å². The third-order valence-electron chi connectivity index (χ3n) is 5.76. The molecule has 8 heteroatoms. The lowest BCUT2D eigenvalue weighted by Gasteiger charge is -2.20. The summed E-state index contributed by atoms with van der Waals surface area (Å²) in [7, 11) is 0. The van der Waals surface area contributed by atoms with Crippen molar-refractivity contribution in [2.75, 3.05) is 12.1 Å². The fraction of sp³-hybridized carbons (Fsp3) is 0.400. The van der Waals surface area contributed by atoms with E-state index in [1.54, 1.807) is 54.6 Å². The van der Waals surface area contributed by atoms with Gasteiger partial charge >= 0.3 is 5.97 Å². The lowest BCUT2D eigenvalue weighted by atomic mass is 10.0. The Labute approximate surface area is 223 Å². The first-order valence-corrected chi connectivity index (χ1v) is 12.8. The van der Waals surface area contributed by atoms with Gasteiger partial charge in [0.05, 0.1) is 11.7 Å². The number of unbranched alkanes of at least 4 members (excludes halogenated alkanes) is 1. The van der Waals surface area contributed by atoms with Gasteiger partial charge in [0.15, 0.2) is 5.78 Å². The van der Waals surface area contributed by atoms with E-state index in [-0.39, 0.29) is 61.7 Å². The van der Waals surface area contributed by atoms with Crippen LogP contribution >= 0.6 is 0 Å². The van der Waals surface area contributed by atoms with Crippen LogP contribution in [0.2, 0.25) is 0 Å². The van der Waals surface area contributed by atoms with Crippen molar-refractivity contribution in [3.05, 3.63) is 71.8 Å². The summed E-state index contributed by atoms with van der Waals surface area (Å²) < 4.78 is 16.4. The van der Waals surface area contributed by atoms with Crippen molar-refractivity contribution >= 4 is 29.1 Å². The molecule has 0 bridgehead atoms. The maximum Gasteiger partial charge on any atom is 0.311 e. The SMILES string of the molecule is CC(C)(C)OCOC1C=C(CC(=O)CCCCC(=O)Oc2ccc(NC(=O)c3ccccc3)cc2)C(=O)C1. The molecular formula is C30H35NO7. The Balaban J connectivity index is 1.32. The highest BCUT2D eigenvalue weighted by molar-refractivity contribution is 6.04. The van der Waals surface area contributed by atoms with Crippen molar-refractivity contribution in [1.82, 2.24) is 0 Å². The maximum absolute atomic E-state index is 12.3. The molecule has 0 heterocycles. The minimum atomic E-state index is -0.398. The van der Waals surface area contributed by atoms with Gasteiger partial charge in [-0.05, 0) is 76.1 Å². The van der Waals surface area contributed by atoms with Gasteiger partial charge in [-0.3, -0.25) is 19.2 Å². The first-order valence-electron chi connectivity index (χ1n) is 12.8. The van der Waals surface area contributed by atoms with Crippen LogP contribution in [0, 0.1) is 0 Å². The maximum atomic E-state index is 12.3. The molecule has 0 saturated carbocycles. The number of anilines is 1. The Morgan fingerprint density at radius 2 is 1.63 bits per heavy atom. The van der Waals surface area contributed by atoms with Gasteiger partial charge in [-0.1, -0.05) is 18.2 Å². The summed E-state index contributed by atoms with van der Waals surface area (Å²) in [5.41, 5.74) is 1.29. The Hall–Kier alpha value is -3.62. The first kappa shape index (κ1) is 28.9. The van der Waals surface area contributed by atoms with Gasteiger partial charge in [0.1, 0.15) is 18.3 Å². The van der Waals surface area contributed by atoms with Crippen LogP contribution in [0.5, 0.6) is 5.75 Å².